The topological polar surface area (TPSA) is 75.7 Å². The number of carbonyl (C=O) groups is 1. The van der Waals surface area contributed by atoms with Gasteiger partial charge in [0.1, 0.15) is 5.75 Å². The van der Waals surface area contributed by atoms with Gasteiger partial charge >= 0.3 is 0 Å². The summed E-state index contributed by atoms with van der Waals surface area (Å²) in [7, 11) is -1.89. The van der Waals surface area contributed by atoms with Crippen LogP contribution < -0.4 is 10.1 Å². The van der Waals surface area contributed by atoms with E-state index in [4.69, 9.17) is 4.74 Å². The molecule has 0 radical (unpaired) electrons. The summed E-state index contributed by atoms with van der Waals surface area (Å²) in [5.74, 6) is 0.631. The molecular formula is C24H32N2O4S2. The summed E-state index contributed by atoms with van der Waals surface area (Å²) in [4.78, 5) is 14.3. The number of rotatable bonds is 8. The first kappa shape index (κ1) is 24.6. The van der Waals surface area contributed by atoms with Gasteiger partial charge in [0.15, 0.2) is 0 Å². The van der Waals surface area contributed by atoms with Crippen LogP contribution in [-0.2, 0) is 14.8 Å². The maximum Gasteiger partial charge on any atom is 0.243 e. The first-order valence-corrected chi connectivity index (χ1v) is 13.6. The third kappa shape index (κ3) is 5.47. The average molecular weight is 477 g/mol. The van der Waals surface area contributed by atoms with E-state index >= 15 is 0 Å². The van der Waals surface area contributed by atoms with E-state index in [2.05, 4.69) is 5.32 Å². The van der Waals surface area contributed by atoms with Gasteiger partial charge in [0.05, 0.1) is 18.0 Å². The molecule has 1 fully saturated rings. The maximum atomic E-state index is 13.0. The van der Waals surface area contributed by atoms with Gasteiger partial charge in [-0.2, -0.15) is 4.31 Å². The van der Waals surface area contributed by atoms with Crippen molar-refractivity contribution >= 4 is 27.7 Å². The van der Waals surface area contributed by atoms with E-state index in [0.717, 1.165) is 28.2 Å². The Labute approximate surface area is 195 Å². The molecule has 1 aliphatic heterocycles. The smallest absolute Gasteiger partial charge is 0.243 e. The molecule has 1 amide bonds. The predicted octanol–water partition coefficient (Wildman–Crippen LogP) is 4.39. The summed E-state index contributed by atoms with van der Waals surface area (Å²) in [6.07, 6.45) is 3.77. The average Bonchev–Trinajstić information content (AvgIpc) is 2.82. The monoisotopic (exact) mass is 476 g/mol. The number of thioether (sulfide) groups is 1. The second kappa shape index (κ2) is 10.7. The van der Waals surface area contributed by atoms with Crippen molar-refractivity contribution in [2.45, 2.75) is 48.9 Å². The van der Waals surface area contributed by atoms with E-state index in [1.807, 2.05) is 50.4 Å². The summed E-state index contributed by atoms with van der Waals surface area (Å²) in [6, 6.07) is 12.8. The maximum absolute atomic E-state index is 13.0. The fourth-order valence-electron chi connectivity index (χ4n) is 4.08. The Hall–Kier alpha value is -2.03. The Bertz CT molecular complexity index is 1030. The lowest BCUT2D eigenvalue weighted by Crippen LogP contribution is -2.43. The molecule has 1 saturated heterocycles. The Morgan fingerprint density at radius 2 is 1.84 bits per heavy atom. The molecule has 1 N–H and O–H groups in total. The quantitative estimate of drug-likeness (QED) is 0.572. The number of aryl methyl sites for hydroxylation is 1. The van der Waals surface area contributed by atoms with Crippen molar-refractivity contribution in [1.82, 2.24) is 9.62 Å². The molecule has 174 valence electrons. The van der Waals surface area contributed by atoms with Crippen LogP contribution in [0.5, 0.6) is 5.75 Å². The Balaban J connectivity index is 1.61. The van der Waals surface area contributed by atoms with Crippen LogP contribution in [-0.4, -0.2) is 45.1 Å². The molecule has 2 aromatic rings. The Morgan fingerprint density at radius 1 is 1.19 bits per heavy atom. The van der Waals surface area contributed by atoms with Crippen molar-refractivity contribution < 1.29 is 17.9 Å². The minimum atomic E-state index is -3.54. The number of hydrogen-bond acceptors (Lipinski definition) is 5. The van der Waals surface area contributed by atoms with Gasteiger partial charge in [-0.1, -0.05) is 19.1 Å². The van der Waals surface area contributed by atoms with E-state index in [1.165, 1.54) is 4.31 Å². The summed E-state index contributed by atoms with van der Waals surface area (Å²) >= 11 is 1.58. The minimum Gasteiger partial charge on any atom is -0.496 e. The van der Waals surface area contributed by atoms with Gasteiger partial charge in [-0.05, 0) is 73.9 Å². The van der Waals surface area contributed by atoms with Gasteiger partial charge in [0.2, 0.25) is 15.9 Å². The van der Waals surface area contributed by atoms with Crippen LogP contribution in [0.2, 0.25) is 0 Å². The van der Waals surface area contributed by atoms with Crippen molar-refractivity contribution in [2.75, 3.05) is 26.5 Å². The SMILES string of the molecule is CCC(NC(=O)C1CCN(S(=O)(=O)c2ccc(SC)cc2)CC1)c1ccc(OC)c(C)c1. The van der Waals surface area contributed by atoms with Crippen LogP contribution in [0.1, 0.15) is 43.4 Å². The lowest BCUT2D eigenvalue weighted by atomic mass is 9.95. The summed E-state index contributed by atoms with van der Waals surface area (Å²) in [5.41, 5.74) is 2.08. The van der Waals surface area contributed by atoms with Crippen molar-refractivity contribution in [3.8, 4) is 5.75 Å². The van der Waals surface area contributed by atoms with Crippen molar-refractivity contribution in [1.29, 1.82) is 0 Å². The molecule has 8 heteroatoms. The number of sulfonamides is 1. The number of nitrogens with one attached hydrogen (secondary N) is 1. The molecule has 1 heterocycles. The zero-order valence-electron chi connectivity index (χ0n) is 19.1. The molecule has 3 rings (SSSR count). The molecule has 0 bridgehead atoms. The van der Waals surface area contributed by atoms with Gasteiger partial charge in [-0.3, -0.25) is 4.79 Å². The second-order valence-electron chi connectivity index (χ2n) is 8.05. The minimum absolute atomic E-state index is 0.00769. The van der Waals surface area contributed by atoms with E-state index in [0.29, 0.717) is 30.8 Å². The highest BCUT2D eigenvalue weighted by Gasteiger charge is 2.32. The molecule has 0 aliphatic carbocycles. The van der Waals surface area contributed by atoms with Crippen molar-refractivity contribution in [3.63, 3.8) is 0 Å². The molecule has 32 heavy (non-hydrogen) atoms. The number of amides is 1. The summed E-state index contributed by atoms with van der Waals surface area (Å²) in [6.45, 7) is 4.73. The third-order valence-corrected chi connectivity index (χ3v) is 8.72. The molecule has 0 aromatic heterocycles. The molecule has 0 saturated carbocycles. The molecule has 1 aliphatic rings. The molecular weight excluding hydrogens is 444 g/mol. The van der Waals surface area contributed by atoms with Crippen LogP contribution in [0.25, 0.3) is 0 Å². The van der Waals surface area contributed by atoms with Gasteiger partial charge in [-0.25, -0.2) is 8.42 Å². The summed E-state index contributed by atoms with van der Waals surface area (Å²) in [5, 5.41) is 3.17. The van der Waals surface area contributed by atoms with Gasteiger partial charge in [0, 0.05) is 23.9 Å². The highest BCUT2D eigenvalue weighted by Crippen LogP contribution is 2.28. The molecule has 6 nitrogen and oxygen atoms in total. The van der Waals surface area contributed by atoms with Gasteiger partial charge < -0.3 is 10.1 Å². The van der Waals surface area contributed by atoms with E-state index in [-0.39, 0.29) is 17.9 Å². The predicted molar refractivity (Wildman–Crippen MR) is 129 cm³/mol. The van der Waals surface area contributed by atoms with E-state index in [1.54, 1.807) is 31.0 Å². The number of ether oxygens (including phenoxy) is 1. The normalized spacial score (nSPS) is 16.5. The fraction of sp³-hybridized carbons (Fsp3) is 0.458. The molecule has 1 atom stereocenters. The lowest BCUT2D eigenvalue weighted by molar-refractivity contribution is -0.126. The first-order chi connectivity index (χ1) is 15.3. The van der Waals surface area contributed by atoms with Crippen LogP contribution in [0.3, 0.4) is 0 Å². The zero-order valence-corrected chi connectivity index (χ0v) is 20.8. The van der Waals surface area contributed by atoms with Crippen LogP contribution in [0.4, 0.5) is 0 Å². The van der Waals surface area contributed by atoms with Gasteiger partial charge in [-0.15, -0.1) is 11.8 Å². The van der Waals surface area contributed by atoms with E-state index < -0.39 is 10.0 Å². The van der Waals surface area contributed by atoms with Crippen LogP contribution >= 0.6 is 11.8 Å². The number of piperidine rings is 1. The number of benzene rings is 2. The lowest BCUT2D eigenvalue weighted by Gasteiger charge is -2.31. The Morgan fingerprint density at radius 3 is 2.38 bits per heavy atom. The van der Waals surface area contributed by atoms with Crippen LogP contribution in [0, 0.1) is 12.8 Å². The molecule has 2 aromatic carbocycles. The standard InChI is InChI=1S/C24H32N2O4S2/c1-5-22(19-6-11-23(30-3)17(2)16-19)25-24(27)18-12-14-26(15-13-18)32(28,29)21-9-7-20(31-4)8-10-21/h6-11,16,18,22H,5,12-15H2,1-4H3,(H,25,27). The third-order valence-electron chi connectivity index (χ3n) is 6.07. The van der Waals surface area contributed by atoms with E-state index in [9.17, 15) is 13.2 Å². The zero-order chi connectivity index (χ0) is 23.3. The number of methoxy groups -OCH3 is 1. The number of hydrogen-bond donors (Lipinski definition) is 1. The highest BCUT2D eigenvalue weighted by molar-refractivity contribution is 7.98. The first-order valence-electron chi connectivity index (χ1n) is 10.9. The van der Waals surface area contributed by atoms with Gasteiger partial charge in [0.25, 0.3) is 0 Å². The summed E-state index contributed by atoms with van der Waals surface area (Å²) < 4.78 is 32.8. The largest absolute Gasteiger partial charge is 0.496 e. The molecule has 1 unspecified atom stereocenters. The van der Waals surface area contributed by atoms with Crippen molar-refractivity contribution in [3.05, 3.63) is 53.6 Å². The number of nitrogens with zero attached hydrogens (tertiary/aromatic N) is 1. The fourth-order valence-corrected chi connectivity index (χ4v) is 5.96. The van der Waals surface area contributed by atoms with Crippen molar-refractivity contribution in [2.24, 2.45) is 5.92 Å². The number of carbonyl (C=O) groups excluding carboxylic acids is 1. The second-order valence-corrected chi connectivity index (χ2v) is 10.9. The van der Waals surface area contributed by atoms with Crippen LogP contribution in [0.15, 0.2) is 52.3 Å². The molecule has 0 spiro atoms. The highest BCUT2D eigenvalue weighted by atomic mass is 32.2. The Kier molecular flexibility index (Phi) is 8.25.